The van der Waals surface area contributed by atoms with E-state index < -0.39 is 6.23 Å². The van der Waals surface area contributed by atoms with Gasteiger partial charge in [0.1, 0.15) is 11.5 Å². The second kappa shape index (κ2) is 6.73. The Kier molecular flexibility index (Phi) is 4.18. The van der Waals surface area contributed by atoms with Crippen molar-refractivity contribution >= 4 is 28.9 Å². The molecule has 0 saturated heterocycles. The van der Waals surface area contributed by atoms with E-state index in [1.807, 2.05) is 53.5 Å². The summed E-state index contributed by atoms with van der Waals surface area (Å²) in [5.74, 6) is 0.728. The summed E-state index contributed by atoms with van der Waals surface area (Å²) >= 11 is 12.4. The van der Waals surface area contributed by atoms with E-state index in [1.165, 1.54) is 6.07 Å². The number of phenols is 1. The Morgan fingerprint density at radius 2 is 1.71 bits per heavy atom. The summed E-state index contributed by atoms with van der Waals surface area (Å²) in [5.41, 5.74) is 3.61. The van der Waals surface area contributed by atoms with Gasteiger partial charge < -0.3 is 9.84 Å². The average Bonchev–Trinajstić information content (AvgIpc) is 3.16. The van der Waals surface area contributed by atoms with Crippen LogP contribution in [-0.4, -0.2) is 15.8 Å². The van der Waals surface area contributed by atoms with Crippen molar-refractivity contribution in [3.8, 4) is 11.5 Å². The van der Waals surface area contributed by atoms with Gasteiger partial charge in [-0.25, -0.2) is 5.01 Å². The summed E-state index contributed by atoms with van der Waals surface area (Å²) in [7, 11) is 0. The molecule has 3 aromatic carbocycles. The molecular weight excluding hydrogens is 395 g/mol. The maximum Gasteiger partial charge on any atom is 0.217 e. The fraction of sp³-hybridized carbons (Fsp3) is 0.136. The summed E-state index contributed by atoms with van der Waals surface area (Å²) in [6.07, 6.45) is 0.118. The van der Waals surface area contributed by atoms with Gasteiger partial charge in [-0.05, 0) is 23.8 Å². The summed E-state index contributed by atoms with van der Waals surface area (Å²) in [4.78, 5) is 0. The smallest absolute Gasteiger partial charge is 0.217 e. The molecule has 0 radical (unpaired) electrons. The number of phenolic OH excluding ortho intramolecular Hbond substituents is 1. The molecule has 6 heteroatoms. The number of halogens is 2. The zero-order chi connectivity index (χ0) is 19.3. The van der Waals surface area contributed by atoms with Crippen LogP contribution in [0.15, 0.2) is 71.8 Å². The van der Waals surface area contributed by atoms with Crippen LogP contribution in [0.1, 0.15) is 35.4 Å². The number of ether oxygens (including phenoxy) is 1. The molecule has 5 rings (SSSR count). The number of rotatable bonds is 2. The fourth-order valence-electron chi connectivity index (χ4n) is 3.82. The van der Waals surface area contributed by atoms with Gasteiger partial charge in [0.15, 0.2) is 0 Å². The second-order valence-corrected chi connectivity index (χ2v) is 7.69. The Morgan fingerprint density at radius 1 is 0.964 bits per heavy atom. The van der Waals surface area contributed by atoms with Crippen molar-refractivity contribution < 1.29 is 9.84 Å². The highest BCUT2D eigenvalue weighted by Crippen LogP contribution is 2.49. The number of hydrogen-bond acceptors (Lipinski definition) is 4. The molecule has 2 atom stereocenters. The Hall–Kier alpha value is -2.69. The molecule has 2 heterocycles. The van der Waals surface area contributed by atoms with Crippen LogP contribution in [0.3, 0.4) is 0 Å². The Balaban J connectivity index is 1.65. The van der Waals surface area contributed by atoms with E-state index >= 15 is 0 Å². The van der Waals surface area contributed by atoms with E-state index in [9.17, 15) is 5.11 Å². The van der Waals surface area contributed by atoms with Crippen molar-refractivity contribution in [2.24, 2.45) is 5.10 Å². The van der Waals surface area contributed by atoms with Gasteiger partial charge in [0.25, 0.3) is 0 Å². The molecule has 28 heavy (non-hydrogen) atoms. The number of para-hydroxylation sites is 1. The number of aromatic hydroxyl groups is 1. The van der Waals surface area contributed by atoms with E-state index in [1.54, 1.807) is 6.07 Å². The molecule has 0 saturated carbocycles. The fourth-order valence-corrected chi connectivity index (χ4v) is 4.33. The zero-order valence-corrected chi connectivity index (χ0v) is 16.2. The van der Waals surface area contributed by atoms with Crippen molar-refractivity contribution in [3.63, 3.8) is 0 Å². The highest BCUT2D eigenvalue weighted by molar-refractivity contribution is 6.35. The minimum absolute atomic E-state index is 0.00214. The third-order valence-electron chi connectivity index (χ3n) is 5.13. The molecule has 0 spiro atoms. The number of benzene rings is 3. The van der Waals surface area contributed by atoms with Crippen molar-refractivity contribution in [1.29, 1.82) is 0 Å². The first-order valence-corrected chi connectivity index (χ1v) is 9.72. The standard InChI is InChI=1S/C22H16Cl2N2O2/c23-14-10-16(21(27)17(24)11-14)22-26-19(15-8-4-5-9-20(15)28-22)12-18(25-26)13-6-2-1-3-7-13/h1-11,19,22,27H,12H2/t19-,22+/m1/s1. The van der Waals surface area contributed by atoms with E-state index in [0.29, 0.717) is 10.6 Å². The minimum Gasteiger partial charge on any atom is -0.506 e. The quantitative estimate of drug-likeness (QED) is 0.568. The molecule has 2 aliphatic heterocycles. The van der Waals surface area contributed by atoms with Gasteiger partial charge in [0, 0.05) is 17.0 Å². The normalized spacial score (nSPS) is 20.2. The summed E-state index contributed by atoms with van der Waals surface area (Å²) in [6, 6.07) is 21.2. The molecule has 4 nitrogen and oxygen atoms in total. The van der Waals surface area contributed by atoms with Crippen molar-refractivity contribution in [2.75, 3.05) is 0 Å². The lowest BCUT2D eigenvalue weighted by atomic mass is 9.96. The predicted octanol–water partition coefficient (Wildman–Crippen LogP) is 5.94. The number of hydrogen-bond donors (Lipinski definition) is 1. The molecular formula is C22H16Cl2N2O2. The molecule has 1 N–H and O–H groups in total. The van der Waals surface area contributed by atoms with E-state index in [4.69, 9.17) is 33.0 Å². The molecule has 0 fully saturated rings. The van der Waals surface area contributed by atoms with Gasteiger partial charge in [-0.2, -0.15) is 5.10 Å². The second-order valence-electron chi connectivity index (χ2n) is 6.85. The van der Waals surface area contributed by atoms with E-state index in [2.05, 4.69) is 6.07 Å². The summed E-state index contributed by atoms with van der Waals surface area (Å²) < 4.78 is 6.25. The molecule has 0 bridgehead atoms. The first kappa shape index (κ1) is 17.4. The number of nitrogens with zero attached hydrogens (tertiary/aromatic N) is 2. The molecule has 3 aromatic rings. The zero-order valence-electron chi connectivity index (χ0n) is 14.7. The lowest BCUT2D eigenvalue weighted by molar-refractivity contribution is -0.0203. The topological polar surface area (TPSA) is 45.1 Å². The monoisotopic (exact) mass is 410 g/mol. The van der Waals surface area contributed by atoms with Crippen molar-refractivity contribution in [2.45, 2.75) is 18.7 Å². The average molecular weight is 411 g/mol. The molecule has 0 amide bonds. The highest BCUT2D eigenvalue weighted by Gasteiger charge is 2.42. The molecule has 0 unspecified atom stereocenters. The third kappa shape index (κ3) is 2.81. The Labute approximate surface area is 172 Å². The van der Waals surface area contributed by atoms with Gasteiger partial charge in [-0.15, -0.1) is 0 Å². The van der Waals surface area contributed by atoms with Gasteiger partial charge >= 0.3 is 0 Å². The van der Waals surface area contributed by atoms with Crippen LogP contribution in [0.5, 0.6) is 11.5 Å². The highest BCUT2D eigenvalue weighted by atomic mass is 35.5. The van der Waals surface area contributed by atoms with Gasteiger partial charge in [-0.3, -0.25) is 0 Å². The molecule has 0 aliphatic carbocycles. The van der Waals surface area contributed by atoms with Gasteiger partial charge in [-0.1, -0.05) is 71.7 Å². The lowest BCUT2D eigenvalue weighted by Gasteiger charge is -2.38. The largest absolute Gasteiger partial charge is 0.506 e. The van der Waals surface area contributed by atoms with Crippen LogP contribution >= 0.6 is 23.2 Å². The van der Waals surface area contributed by atoms with Crippen molar-refractivity contribution in [3.05, 3.63) is 93.5 Å². The van der Waals surface area contributed by atoms with Crippen LogP contribution in [0.2, 0.25) is 10.0 Å². The third-order valence-corrected chi connectivity index (χ3v) is 5.64. The first-order chi connectivity index (χ1) is 13.6. The lowest BCUT2D eigenvalue weighted by Crippen LogP contribution is -2.33. The van der Waals surface area contributed by atoms with E-state index in [0.717, 1.165) is 29.0 Å². The van der Waals surface area contributed by atoms with Crippen molar-refractivity contribution in [1.82, 2.24) is 5.01 Å². The van der Waals surface area contributed by atoms with Gasteiger partial charge in [0.05, 0.1) is 22.3 Å². The van der Waals surface area contributed by atoms with Crippen LogP contribution < -0.4 is 4.74 Å². The molecule has 140 valence electrons. The van der Waals surface area contributed by atoms with Crippen LogP contribution in [0, 0.1) is 0 Å². The first-order valence-electron chi connectivity index (χ1n) is 8.96. The maximum atomic E-state index is 10.6. The van der Waals surface area contributed by atoms with Crippen LogP contribution in [0.25, 0.3) is 0 Å². The maximum absolute atomic E-state index is 10.6. The molecule has 0 aromatic heterocycles. The SMILES string of the molecule is Oc1c(Cl)cc(Cl)cc1[C@@H]1Oc2ccccc2[C@H]2CC(c3ccccc3)=NN21. The van der Waals surface area contributed by atoms with Crippen LogP contribution in [-0.2, 0) is 0 Å². The summed E-state index contributed by atoms with van der Waals surface area (Å²) in [6.45, 7) is 0. The Bertz CT molecular complexity index is 1090. The predicted molar refractivity (Wildman–Crippen MR) is 110 cm³/mol. The number of hydrazone groups is 1. The van der Waals surface area contributed by atoms with E-state index in [-0.39, 0.29) is 16.8 Å². The summed E-state index contributed by atoms with van der Waals surface area (Å²) in [5, 5.41) is 18.0. The van der Waals surface area contributed by atoms with Crippen LogP contribution in [0.4, 0.5) is 0 Å². The Morgan fingerprint density at radius 3 is 2.54 bits per heavy atom. The van der Waals surface area contributed by atoms with Gasteiger partial charge in [0.2, 0.25) is 6.23 Å². The molecule has 2 aliphatic rings. The minimum atomic E-state index is -0.627. The number of fused-ring (bicyclic) bond motifs is 3.